The number of benzene rings is 2. The second-order valence-electron chi connectivity index (χ2n) is 5.49. The first-order valence-corrected chi connectivity index (χ1v) is 7.47. The monoisotopic (exact) mass is 288 g/mol. The minimum Gasteiger partial charge on any atom is -0.355 e. The maximum Gasteiger partial charge on any atom is 0.257 e. The van der Waals surface area contributed by atoms with E-state index in [2.05, 4.69) is 23.2 Å². The predicted octanol–water partition coefficient (Wildman–Crippen LogP) is 3.84. The standard InChI is InChI=1S/C19H16N2O/c22-19(14-6-2-1-3-7-14)21-12-10-16-15-8-4-5-9-17(15)20-18(16)11-13-21/h1-9,11,13,20H,10,12H2. The smallest absolute Gasteiger partial charge is 0.257 e. The molecule has 1 amide bonds. The van der Waals surface area contributed by atoms with E-state index in [1.165, 1.54) is 10.9 Å². The molecule has 1 aliphatic rings. The number of rotatable bonds is 1. The molecule has 4 rings (SSSR count). The van der Waals surface area contributed by atoms with Gasteiger partial charge in [0.2, 0.25) is 0 Å². The van der Waals surface area contributed by atoms with Crippen molar-refractivity contribution in [1.29, 1.82) is 0 Å². The SMILES string of the molecule is O=C(c1ccccc1)N1C=Cc2[nH]c3ccccc3c2CC1. The van der Waals surface area contributed by atoms with E-state index in [1.807, 2.05) is 48.7 Å². The summed E-state index contributed by atoms with van der Waals surface area (Å²) in [7, 11) is 0. The van der Waals surface area contributed by atoms with Gasteiger partial charge in [-0.2, -0.15) is 0 Å². The molecular formula is C19H16N2O. The van der Waals surface area contributed by atoms with Crippen molar-refractivity contribution in [2.75, 3.05) is 6.54 Å². The number of amides is 1. The van der Waals surface area contributed by atoms with E-state index < -0.39 is 0 Å². The van der Waals surface area contributed by atoms with Crippen LogP contribution in [0.3, 0.4) is 0 Å². The van der Waals surface area contributed by atoms with Crippen LogP contribution in [0.15, 0.2) is 60.8 Å². The number of aromatic amines is 1. The summed E-state index contributed by atoms with van der Waals surface area (Å²) in [5.41, 5.74) is 4.27. The fourth-order valence-corrected chi connectivity index (χ4v) is 3.02. The first-order chi connectivity index (χ1) is 10.8. The second kappa shape index (κ2) is 5.19. The van der Waals surface area contributed by atoms with Crippen LogP contribution < -0.4 is 0 Å². The number of aromatic nitrogens is 1. The van der Waals surface area contributed by atoms with Crippen molar-refractivity contribution in [2.45, 2.75) is 6.42 Å². The Morgan fingerprint density at radius 1 is 1.00 bits per heavy atom. The Bertz CT molecular complexity index is 862. The summed E-state index contributed by atoms with van der Waals surface area (Å²) in [6, 6.07) is 17.7. The van der Waals surface area contributed by atoms with Crippen LogP contribution in [0.4, 0.5) is 0 Å². The van der Waals surface area contributed by atoms with Crippen molar-refractivity contribution in [2.24, 2.45) is 0 Å². The molecule has 0 aliphatic carbocycles. The minimum absolute atomic E-state index is 0.0475. The number of carbonyl (C=O) groups is 1. The van der Waals surface area contributed by atoms with Crippen molar-refractivity contribution in [3.63, 3.8) is 0 Å². The molecule has 1 aliphatic heterocycles. The molecule has 0 unspecified atom stereocenters. The van der Waals surface area contributed by atoms with Gasteiger partial charge in [-0.3, -0.25) is 4.79 Å². The van der Waals surface area contributed by atoms with Crippen molar-refractivity contribution >= 4 is 22.9 Å². The van der Waals surface area contributed by atoms with Crippen LogP contribution in [0.1, 0.15) is 21.6 Å². The highest BCUT2D eigenvalue weighted by Gasteiger charge is 2.18. The third kappa shape index (κ3) is 2.11. The summed E-state index contributed by atoms with van der Waals surface area (Å²) in [6.45, 7) is 0.694. The number of para-hydroxylation sites is 1. The van der Waals surface area contributed by atoms with Crippen molar-refractivity contribution in [3.05, 3.63) is 77.6 Å². The van der Waals surface area contributed by atoms with E-state index in [4.69, 9.17) is 0 Å². The van der Waals surface area contributed by atoms with Crippen LogP contribution in [0.25, 0.3) is 17.0 Å². The Labute approximate surface area is 128 Å². The lowest BCUT2D eigenvalue weighted by Gasteiger charge is -2.16. The lowest BCUT2D eigenvalue weighted by molar-refractivity contribution is 0.0825. The van der Waals surface area contributed by atoms with E-state index in [9.17, 15) is 4.79 Å². The third-order valence-corrected chi connectivity index (χ3v) is 4.15. The highest BCUT2D eigenvalue weighted by Crippen LogP contribution is 2.26. The first-order valence-electron chi connectivity index (χ1n) is 7.47. The van der Waals surface area contributed by atoms with Gasteiger partial charge in [0.1, 0.15) is 0 Å². The number of nitrogens with one attached hydrogen (secondary N) is 1. The molecule has 0 saturated carbocycles. The largest absolute Gasteiger partial charge is 0.355 e. The Morgan fingerprint density at radius 2 is 1.77 bits per heavy atom. The topological polar surface area (TPSA) is 36.1 Å². The van der Waals surface area contributed by atoms with E-state index >= 15 is 0 Å². The highest BCUT2D eigenvalue weighted by atomic mass is 16.2. The molecule has 2 heterocycles. The van der Waals surface area contributed by atoms with Gasteiger partial charge >= 0.3 is 0 Å². The second-order valence-corrected chi connectivity index (χ2v) is 5.49. The average Bonchev–Trinajstić information content (AvgIpc) is 2.80. The molecular weight excluding hydrogens is 272 g/mol. The zero-order valence-corrected chi connectivity index (χ0v) is 12.1. The number of hydrogen-bond donors (Lipinski definition) is 1. The minimum atomic E-state index is 0.0475. The van der Waals surface area contributed by atoms with Crippen LogP contribution >= 0.6 is 0 Å². The van der Waals surface area contributed by atoms with Crippen LogP contribution in [0.5, 0.6) is 0 Å². The molecule has 1 aromatic heterocycles. The van der Waals surface area contributed by atoms with Crippen LogP contribution in [-0.4, -0.2) is 22.3 Å². The van der Waals surface area contributed by atoms with Crippen molar-refractivity contribution in [1.82, 2.24) is 9.88 Å². The van der Waals surface area contributed by atoms with Gasteiger partial charge in [-0.1, -0.05) is 36.4 Å². The molecule has 0 bridgehead atoms. The van der Waals surface area contributed by atoms with Gasteiger partial charge < -0.3 is 9.88 Å². The van der Waals surface area contributed by atoms with E-state index in [0.29, 0.717) is 6.54 Å². The molecule has 0 saturated heterocycles. The van der Waals surface area contributed by atoms with Gasteiger partial charge in [-0.15, -0.1) is 0 Å². The molecule has 3 heteroatoms. The lowest BCUT2D eigenvalue weighted by Crippen LogP contribution is -2.27. The normalized spacial score (nSPS) is 13.9. The lowest BCUT2D eigenvalue weighted by atomic mass is 10.1. The third-order valence-electron chi connectivity index (χ3n) is 4.15. The molecule has 0 fully saturated rings. The maximum atomic E-state index is 12.6. The molecule has 22 heavy (non-hydrogen) atoms. The molecule has 2 aromatic carbocycles. The Balaban J connectivity index is 1.67. The van der Waals surface area contributed by atoms with Gasteiger partial charge in [-0.05, 0) is 36.3 Å². The summed E-state index contributed by atoms with van der Waals surface area (Å²) in [4.78, 5) is 17.8. The van der Waals surface area contributed by atoms with E-state index in [-0.39, 0.29) is 5.91 Å². The molecule has 3 nitrogen and oxygen atoms in total. The molecule has 108 valence electrons. The van der Waals surface area contributed by atoms with Gasteiger partial charge in [0.25, 0.3) is 5.91 Å². The summed E-state index contributed by atoms with van der Waals surface area (Å²) < 4.78 is 0. The Hall–Kier alpha value is -2.81. The number of nitrogens with zero attached hydrogens (tertiary/aromatic N) is 1. The zero-order chi connectivity index (χ0) is 14.9. The zero-order valence-electron chi connectivity index (χ0n) is 12.1. The fourth-order valence-electron chi connectivity index (χ4n) is 3.02. The van der Waals surface area contributed by atoms with E-state index in [1.54, 1.807) is 4.90 Å². The molecule has 0 radical (unpaired) electrons. The average molecular weight is 288 g/mol. The summed E-state index contributed by atoms with van der Waals surface area (Å²) in [5, 5.41) is 1.25. The number of fused-ring (bicyclic) bond motifs is 3. The van der Waals surface area contributed by atoms with E-state index in [0.717, 1.165) is 23.2 Å². The molecule has 3 aromatic rings. The van der Waals surface area contributed by atoms with Crippen LogP contribution in [-0.2, 0) is 6.42 Å². The molecule has 1 N–H and O–H groups in total. The van der Waals surface area contributed by atoms with Gasteiger partial charge in [0, 0.05) is 34.9 Å². The summed E-state index contributed by atoms with van der Waals surface area (Å²) >= 11 is 0. The number of H-pyrrole nitrogens is 1. The van der Waals surface area contributed by atoms with Gasteiger partial charge in [0.15, 0.2) is 0 Å². The summed E-state index contributed by atoms with van der Waals surface area (Å²) in [6.07, 6.45) is 4.74. The van der Waals surface area contributed by atoms with Gasteiger partial charge in [-0.25, -0.2) is 0 Å². The predicted molar refractivity (Wildman–Crippen MR) is 88.5 cm³/mol. The van der Waals surface area contributed by atoms with Crippen LogP contribution in [0.2, 0.25) is 0 Å². The number of carbonyl (C=O) groups excluding carboxylic acids is 1. The fraction of sp³-hybridized carbons (Fsp3) is 0.105. The Morgan fingerprint density at radius 3 is 2.64 bits per heavy atom. The Kier molecular flexibility index (Phi) is 3.04. The van der Waals surface area contributed by atoms with Crippen molar-refractivity contribution < 1.29 is 4.79 Å². The maximum absolute atomic E-state index is 12.6. The molecule has 0 atom stereocenters. The highest BCUT2D eigenvalue weighted by molar-refractivity contribution is 5.96. The molecule has 0 spiro atoms. The summed E-state index contributed by atoms with van der Waals surface area (Å²) in [5.74, 6) is 0.0475. The van der Waals surface area contributed by atoms with Crippen molar-refractivity contribution in [3.8, 4) is 0 Å². The van der Waals surface area contributed by atoms with Crippen LogP contribution in [0, 0.1) is 0 Å². The first kappa shape index (κ1) is 12.9. The quantitative estimate of drug-likeness (QED) is 0.725. The number of hydrogen-bond acceptors (Lipinski definition) is 1. The van der Waals surface area contributed by atoms with Gasteiger partial charge in [0.05, 0.1) is 0 Å².